The molecule has 1 atom stereocenters. The molecular formula is C15H23NO4S. The Labute approximate surface area is 126 Å². The fraction of sp³-hybridized carbons (Fsp3) is 0.600. The van der Waals surface area contributed by atoms with Gasteiger partial charge in [-0.05, 0) is 43.0 Å². The molecule has 1 fully saturated rings. The smallest absolute Gasteiger partial charge is 0.243 e. The van der Waals surface area contributed by atoms with Crippen molar-refractivity contribution in [2.75, 3.05) is 19.7 Å². The summed E-state index contributed by atoms with van der Waals surface area (Å²) >= 11 is 0. The van der Waals surface area contributed by atoms with Crippen LogP contribution in [0.2, 0.25) is 0 Å². The van der Waals surface area contributed by atoms with Gasteiger partial charge in [-0.1, -0.05) is 13.0 Å². The normalized spacial score (nSPS) is 20.7. The minimum atomic E-state index is -3.54. The molecule has 1 N–H and O–H groups in total. The van der Waals surface area contributed by atoms with Crippen molar-refractivity contribution in [2.45, 2.75) is 44.8 Å². The highest BCUT2D eigenvalue weighted by atomic mass is 32.2. The van der Waals surface area contributed by atoms with Crippen LogP contribution in [0, 0.1) is 13.8 Å². The van der Waals surface area contributed by atoms with E-state index in [1.54, 1.807) is 13.0 Å². The van der Waals surface area contributed by atoms with Gasteiger partial charge in [-0.2, -0.15) is 4.31 Å². The Bertz CT molecular complexity index is 612. The molecule has 0 spiro atoms. The number of aliphatic hydroxyl groups excluding tert-OH is 1. The number of hydrogen-bond acceptors (Lipinski definition) is 4. The first kappa shape index (κ1) is 16.4. The summed E-state index contributed by atoms with van der Waals surface area (Å²) in [5.41, 5.74) is 2.27. The largest absolute Gasteiger partial charge is 0.392 e. The summed E-state index contributed by atoms with van der Waals surface area (Å²) in [6.45, 7) is 6.68. The lowest BCUT2D eigenvalue weighted by Crippen LogP contribution is -2.45. The summed E-state index contributed by atoms with van der Waals surface area (Å²) in [5, 5.41) is 9.36. The second-order valence-electron chi connectivity index (χ2n) is 5.47. The van der Waals surface area contributed by atoms with Crippen LogP contribution in [0.1, 0.15) is 30.0 Å². The van der Waals surface area contributed by atoms with E-state index in [1.165, 1.54) is 4.31 Å². The molecule has 1 unspecified atom stereocenters. The van der Waals surface area contributed by atoms with Crippen molar-refractivity contribution >= 4 is 10.0 Å². The zero-order chi connectivity index (χ0) is 15.6. The molecule has 5 nitrogen and oxygen atoms in total. The lowest BCUT2D eigenvalue weighted by atomic mass is 10.1. The number of aliphatic hydroxyl groups is 1. The lowest BCUT2D eigenvalue weighted by Gasteiger charge is -2.32. The summed E-state index contributed by atoms with van der Waals surface area (Å²) in [6.07, 6.45) is 0.748. The molecule has 0 radical (unpaired) electrons. The van der Waals surface area contributed by atoms with Crippen molar-refractivity contribution in [3.63, 3.8) is 0 Å². The van der Waals surface area contributed by atoms with E-state index in [1.807, 2.05) is 19.9 Å². The predicted octanol–water partition coefficient (Wildman–Crippen LogP) is 1.60. The molecule has 6 heteroatoms. The molecule has 0 bridgehead atoms. The Morgan fingerprint density at radius 3 is 2.67 bits per heavy atom. The molecule has 0 amide bonds. The van der Waals surface area contributed by atoms with Crippen LogP contribution in [0.5, 0.6) is 0 Å². The van der Waals surface area contributed by atoms with Gasteiger partial charge in [0.2, 0.25) is 10.0 Å². The van der Waals surface area contributed by atoms with Gasteiger partial charge in [-0.25, -0.2) is 8.42 Å². The quantitative estimate of drug-likeness (QED) is 0.917. The molecule has 0 saturated carbocycles. The minimum Gasteiger partial charge on any atom is -0.392 e. The maximum absolute atomic E-state index is 12.8. The molecule has 118 valence electrons. The van der Waals surface area contributed by atoms with Crippen LogP contribution in [-0.2, 0) is 21.4 Å². The molecule has 1 saturated heterocycles. The number of sulfonamides is 1. The van der Waals surface area contributed by atoms with Crippen molar-refractivity contribution in [2.24, 2.45) is 0 Å². The predicted molar refractivity (Wildman–Crippen MR) is 80.6 cm³/mol. The maximum atomic E-state index is 12.8. The van der Waals surface area contributed by atoms with E-state index >= 15 is 0 Å². The summed E-state index contributed by atoms with van der Waals surface area (Å²) in [6, 6.07) is 3.41. The van der Waals surface area contributed by atoms with Crippen molar-refractivity contribution in [1.82, 2.24) is 4.31 Å². The highest BCUT2D eigenvalue weighted by Crippen LogP contribution is 2.25. The minimum absolute atomic E-state index is 0.0448. The number of benzene rings is 1. The van der Waals surface area contributed by atoms with E-state index in [9.17, 15) is 13.5 Å². The van der Waals surface area contributed by atoms with E-state index in [2.05, 4.69) is 0 Å². The Hall–Kier alpha value is -0.950. The van der Waals surface area contributed by atoms with Crippen molar-refractivity contribution in [3.8, 4) is 0 Å². The van der Waals surface area contributed by atoms with Gasteiger partial charge in [0, 0.05) is 13.1 Å². The average molecular weight is 313 g/mol. The molecule has 1 aromatic rings. The second-order valence-corrected chi connectivity index (χ2v) is 7.37. The molecular weight excluding hydrogens is 290 g/mol. The lowest BCUT2D eigenvalue weighted by molar-refractivity contribution is -0.00279. The van der Waals surface area contributed by atoms with Gasteiger partial charge < -0.3 is 9.84 Å². The van der Waals surface area contributed by atoms with Crippen LogP contribution in [-0.4, -0.2) is 43.6 Å². The number of ether oxygens (including phenoxy) is 1. The van der Waals surface area contributed by atoms with Crippen molar-refractivity contribution in [1.29, 1.82) is 0 Å². The molecule has 1 aliphatic rings. The van der Waals surface area contributed by atoms with Crippen LogP contribution in [0.4, 0.5) is 0 Å². The number of morpholine rings is 1. The molecule has 2 rings (SSSR count). The SMILES string of the molecule is CCC1CN(S(=O)(=O)c2cc(CO)c(C)cc2C)CCO1. The van der Waals surface area contributed by atoms with Crippen molar-refractivity contribution < 1.29 is 18.3 Å². The van der Waals surface area contributed by atoms with Crippen LogP contribution < -0.4 is 0 Å². The van der Waals surface area contributed by atoms with Gasteiger partial charge in [0.15, 0.2) is 0 Å². The number of nitrogens with zero attached hydrogens (tertiary/aromatic N) is 1. The zero-order valence-electron chi connectivity index (χ0n) is 12.8. The van der Waals surface area contributed by atoms with Gasteiger partial charge >= 0.3 is 0 Å². The molecule has 1 aliphatic heterocycles. The second kappa shape index (κ2) is 6.44. The Balaban J connectivity index is 2.39. The van der Waals surface area contributed by atoms with E-state index in [-0.39, 0.29) is 17.6 Å². The van der Waals surface area contributed by atoms with Crippen LogP contribution in [0.25, 0.3) is 0 Å². The molecule has 0 aliphatic carbocycles. The first-order valence-electron chi connectivity index (χ1n) is 7.22. The summed E-state index contributed by atoms with van der Waals surface area (Å²) in [5.74, 6) is 0. The number of aryl methyl sites for hydroxylation is 2. The first-order valence-corrected chi connectivity index (χ1v) is 8.67. The molecule has 0 aromatic heterocycles. The standard InChI is InChI=1S/C15H23NO4S/c1-4-14-9-16(5-6-20-14)21(18,19)15-8-13(10-17)11(2)7-12(15)3/h7-8,14,17H,4-6,9-10H2,1-3H3. The van der Waals surface area contributed by atoms with E-state index in [0.717, 1.165) is 12.0 Å². The van der Waals surface area contributed by atoms with Crippen LogP contribution >= 0.6 is 0 Å². The third kappa shape index (κ3) is 3.29. The third-order valence-corrected chi connectivity index (χ3v) is 5.99. The monoisotopic (exact) mass is 313 g/mol. The van der Waals surface area contributed by atoms with Gasteiger partial charge in [0.1, 0.15) is 0 Å². The van der Waals surface area contributed by atoms with E-state index in [4.69, 9.17) is 4.74 Å². The summed E-state index contributed by atoms with van der Waals surface area (Å²) in [7, 11) is -3.54. The third-order valence-electron chi connectivity index (χ3n) is 3.98. The fourth-order valence-corrected chi connectivity index (χ4v) is 4.33. The maximum Gasteiger partial charge on any atom is 0.243 e. The summed E-state index contributed by atoms with van der Waals surface area (Å²) < 4.78 is 32.7. The van der Waals surface area contributed by atoms with Crippen LogP contribution in [0.3, 0.4) is 0 Å². The van der Waals surface area contributed by atoms with Gasteiger partial charge in [-0.3, -0.25) is 0 Å². The topological polar surface area (TPSA) is 66.8 Å². The highest BCUT2D eigenvalue weighted by Gasteiger charge is 2.31. The van der Waals surface area contributed by atoms with E-state index < -0.39 is 10.0 Å². The van der Waals surface area contributed by atoms with Crippen LogP contribution in [0.15, 0.2) is 17.0 Å². The van der Waals surface area contributed by atoms with E-state index in [0.29, 0.717) is 30.8 Å². The van der Waals surface area contributed by atoms with Crippen molar-refractivity contribution in [3.05, 3.63) is 28.8 Å². The fourth-order valence-electron chi connectivity index (χ4n) is 2.62. The molecule has 21 heavy (non-hydrogen) atoms. The van der Waals surface area contributed by atoms with Gasteiger partial charge in [0.05, 0.1) is 24.2 Å². The van der Waals surface area contributed by atoms with Gasteiger partial charge in [-0.15, -0.1) is 0 Å². The van der Waals surface area contributed by atoms with Gasteiger partial charge in [0.25, 0.3) is 0 Å². The summed E-state index contributed by atoms with van der Waals surface area (Å²) in [4.78, 5) is 0.286. The highest BCUT2D eigenvalue weighted by molar-refractivity contribution is 7.89. The molecule has 1 heterocycles. The Kier molecular flexibility index (Phi) is 5.03. The number of hydrogen-bond donors (Lipinski definition) is 1. The molecule has 1 aromatic carbocycles. The number of rotatable bonds is 4. The average Bonchev–Trinajstić information content (AvgIpc) is 2.47. The Morgan fingerprint density at radius 1 is 1.33 bits per heavy atom. The first-order chi connectivity index (χ1) is 9.90. The zero-order valence-corrected chi connectivity index (χ0v) is 13.6. The Morgan fingerprint density at radius 2 is 2.05 bits per heavy atom.